The third kappa shape index (κ3) is 4.86. The molecule has 0 radical (unpaired) electrons. The molecule has 2 aromatic heterocycles. The minimum absolute atomic E-state index is 0.00146. The Morgan fingerprint density at radius 3 is 2.38 bits per heavy atom. The molecule has 1 aromatic carbocycles. The Bertz CT molecular complexity index is 897. The van der Waals surface area contributed by atoms with E-state index in [9.17, 15) is 17.6 Å². The van der Waals surface area contributed by atoms with Crippen LogP contribution in [0.3, 0.4) is 0 Å². The van der Waals surface area contributed by atoms with E-state index in [0.29, 0.717) is 16.9 Å². The highest BCUT2D eigenvalue weighted by atomic mass is 35.5. The molecule has 0 saturated carbocycles. The van der Waals surface area contributed by atoms with Crippen LogP contribution in [0.15, 0.2) is 47.8 Å². The van der Waals surface area contributed by atoms with Crippen molar-refractivity contribution in [3.8, 4) is 17.5 Å². The maximum atomic E-state index is 12.9. The monoisotopic (exact) mass is 403 g/mol. The van der Waals surface area contributed by atoms with E-state index in [4.69, 9.17) is 21.1 Å². The summed E-state index contributed by atoms with van der Waals surface area (Å²) in [7, 11) is 0. The zero-order valence-corrected chi connectivity index (χ0v) is 14.5. The summed E-state index contributed by atoms with van der Waals surface area (Å²) in [6.07, 6.45) is -4.43. The number of thiophene rings is 1. The van der Waals surface area contributed by atoms with E-state index in [-0.39, 0.29) is 35.0 Å². The quantitative estimate of drug-likeness (QED) is 0.467. The van der Waals surface area contributed by atoms with Gasteiger partial charge in [0.15, 0.2) is 0 Å². The van der Waals surface area contributed by atoms with Crippen LogP contribution >= 0.6 is 22.9 Å². The number of hydrogen-bond acceptors (Lipinski definition) is 4. The van der Waals surface area contributed by atoms with Crippen LogP contribution in [0.25, 0.3) is 0 Å². The van der Waals surface area contributed by atoms with Crippen molar-refractivity contribution in [2.75, 3.05) is 0 Å². The van der Waals surface area contributed by atoms with E-state index < -0.39 is 11.1 Å². The van der Waals surface area contributed by atoms with E-state index in [1.807, 2.05) is 0 Å². The number of pyridine rings is 1. The Balaban J connectivity index is 1.71. The van der Waals surface area contributed by atoms with Crippen molar-refractivity contribution < 1.29 is 27.0 Å². The third-order valence-electron chi connectivity index (χ3n) is 3.12. The molecule has 0 bridgehead atoms. The van der Waals surface area contributed by atoms with Gasteiger partial charge in [-0.2, -0.15) is 18.2 Å². The number of rotatable bonds is 5. The van der Waals surface area contributed by atoms with Gasteiger partial charge in [-0.1, -0.05) is 23.7 Å². The standard InChI is InChI=1S/C17H10ClF4NO2S/c18-11-5-15(24-8-10-1-3-12(19)4-2-10)23-16(6-11)25-13-7-14(26-9-13)17(20,21)22/h1-7,9H,8H2. The van der Waals surface area contributed by atoms with Gasteiger partial charge in [0.25, 0.3) is 0 Å². The fourth-order valence-electron chi connectivity index (χ4n) is 1.96. The normalized spacial score (nSPS) is 11.4. The van der Waals surface area contributed by atoms with Crippen LogP contribution in [0.1, 0.15) is 10.4 Å². The lowest BCUT2D eigenvalue weighted by Gasteiger charge is -2.08. The molecule has 3 aromatic rings. The van der Waals surface area contributed by atoms with Gasteiger partial charge in [-0.15, -0.1) is 11.3 Å². The minimum atomic E-state index is -4.43. The lowest BCUT2D eigenvalue weighted by molar-refractivity contribution is -0.134. The molecule has 0 unspecified atom stereocenters. The Hall–Kier alpha value is -2.32. The summed E-state index contributed by atoms with van der Waals surface area (Å²) in [5, 5.41) is 1.47. The predicted octanol–water partition coefficient (Wildman–Crippen LogP) is 6.33. The molecule has 9 heteroatoms. The number of ether oxygens (including phenoxy) is 2. The molecule has 136 valence electrons. The maximum Gasteiger partial charge on any atom is 0.425 e. The molecule has 0 saturated heterocycles. The van der Waals surface area contributed by atoms with Crippen molar-refractivity contribution in [1.29, 1.82) is 0 Å². The number of halogens is 5. The summed E-state index contributed by atoms with van der Waals surface area (Å²) >= 11 is 6.49. The number of hydrogen-bond donors (Lipinski definition) is 0. The first kappa shape index (κ1) is 18.5. The van der Waals surface area contributed by atoms with E-state index in [2.05, 4.69) is 4.98 Å². The molecule has 0 spiro atoms. The van der Waals surface area contributed by atoms with E-state index >= 15 is 0 Å². The van der Waals surface area contributed by atoms with Crippen LogP contribution in [0.4, 0.5) is 17.6 Å². The van der Waals surface area contributed by atoms with Gasteiger partial charge in [0.2, 0.25) is 11.8 Å². The second-order valence-corrected chi connectivity index (χ2v) is 6.47. The third-order valence-corrected chi connectivity index (χ3v) is 4.29. The van der Waals surface area contributed by atoms with Gasteiger partial charge in [0.05, 0.1) is 5.02 Å². The Morgan fingerprint density at radius 1 is 1.04 bits per heavy atom. The molecule has 0 aliphatic rings. The second-order valence-electron chi connectivity index (χ2n) is 5.12. The number of alkyl halides is 3. The molecule has 2 heterocycles. The summed E-state index contributed by atoms with van der Waals surface area (Å²) in [6.45, 7) is 0.115. The molecule has 3 nitrogen and oxygen atoms in total. The number of nitrogens with zero attached hydrogens (tertiary/aromatic N) is 1. The van der Waals surface area contributed by atoms with Crippen molar-refractivity contribution in [3.63, 3.8) is 0 Å². The van der Waals surface area contributed by atoms with Crippen LogP contribution in [0, 0.1) is 5.82 Å². The van der Waals surface area contributed by atoms with Crippen LogP contribution < -0.4 is 9.47 Å². The molecule has 0 N–H and O–H groups in total. The molecular formula is C17H10ClF4NO2S. The molecule has 0 aliphatic heterocycles. The lowest BCUT2D eigenvalue weighted by atomic mass is 10.2. The molecule has 0 atom stereocenters. The van der Waals surface area contributed by atoms with Gasteiger partial charge in [-0.05, 0) is 17.7 Å². The fraction of sp³-hybridized carbons (Fsp3) is 0.118. The van der Waals surface area contributed by atoms with Crippen LogP contribution in [-0.4, -0.2) is 4.98 Å². The van der Waals surface area contributed by atoms with Gasteiger partial charge in [-0.3, -0.25) is 0 Å². The summed E-state index contributed by atoms with van der Waals surface area (Å²) in [6, 6.07) is 9.39. The number of aromatic nitrogens is 1. The highest BCUT2D eigenvalue weighted by Crippen LogP contribution is 2.38. The molecule has 3 rings (SSSR count). The number of benzene rings is 1. The minimum Gasteiger partial charge on any atom is -0.473 e. The Morgan fingerprint density at radius 2 is 1.73 bits per heavy atom. The van der Waals surface area contributed by atoms with Crippen LogP contribution in [0.5, 0.6) is 17.5 Å². The lowest BCUT2D eigenvalue weighted by Crippen LogP contribution is -2.00. The Kier molecular flexibility index (Phi) is 5.33. The van der Waals surface area contributed by atoms with Crippen molar-refractivity contribution in [2.45, 2.75) is 12.8 Å². The highest BCUT2D eigenvalue weighted by molar-refractivity contribution is 7.10. The van der Waals surface area contributed by atoms with Crippen molar-refractivity contribution in [1.82, 2.24) is 4.98 Å². The highest BCUT2D eigenvalue weighted by Gasteiger charge is 2.32. The molecule has 0 amide bonds. The molecule has 26 heavy (non-hydrogen) atoms. The molecule has 0 aliphatic carbocycles. The van der Waals surface area contributed by atoms with Crippen LogP contribution in [0.2, 0.25) is 5.02 Å². The van der Waals surface area contributed by atoms with Gasteiger partial charge in [0.1, 0.15) is 23.1 Å². The van der Waals surface area contributed by atoms with Gasteiger partial charge in [-0.25, -0.2) is 4.39 Å². The van der Waals surface area contributed by atoms with Gasteiger partial charge < -0.3 is 9.47 Å². The second kappa shape index (κ2) is 7.51. The first-order valence-electron chi connectivity index (χ1n) is 7.18. The first-order chi connectivity index (χ1) is 12.3. The summed E-state index contributed by atoms with van der Waals surface area (Å²) < 4.78 is 61.6. The maximum absolute atomic E-state index is 12.9. The fourth-order valence-corrected chi connectivity index (χ4v) is 2.82. The Labute approximate surface area is 154 Å². The summed E-state index contributed by atoms with van der Waals surface area (Å²) in [5.74, 6) is -0.234. The van der Waals surface area contributed by atoms with Crippen LogP contribution in [-0.2, 0) is 12.8 Å². The van der Waals surface area contributed by atoms with Crippen molar-refractivity contribution >= 4 is 22.9 Å². The first-order valence-corrected chi connectivity index (χ1v) is 8.44. The largest absolute Gasteiger partial charge is 0.473 e. The smallest absolute Gasteiger partial charge is 0.425 e. The average molecular weight is 404 g/mol. The zero-order valence-electron chi connectivity index (χ0n) is 12.9. The van der Waals surface area contributed by atoms with E-state index in [0.717, 1.165) is 6.07 Å². The van der Waals surface area contributed by atoms with E-state index in [1.165, 1.54) is 29.6 Å². The SMILES string of the molecule is Fc1ccc(COc2cc(Cl)cc(Oc3csc(C(F)(F)F)c3)n2)cc1. The predicted molar refractivity (Wildman–Crippen MR) is 89.4 cm³/mol. The topological polar surface area (TPSA) is 31.4 Å². The van der Waals surface area contributed by atoms with Crippen molar-refractivity contribution in [2.24, 2.45) is 0 Å². The van der Waals surface area contributed by atoms with Crippen molar-refractivity contribution in [3.05, 3.63) is 69.1 Å². The summed E-state index contributed by atoms with van der Waals surface area (Å²) in [5.41, 5.74) is 0.711. The zero-order chi connectivity index (χ0) is 18.7. The van der Waals surface area contributed by atoms with Gasteiger partial charge in [0, 0.05) is 23.6 Å². The average Bonchev–Trinajstić information content (AvgIpc) is 3.03. The molecular weight excluding hydrogens is 394 g/mol. The summed E-state index contributed by atoms with van der Waals surface area (Å²) in [4.78, 5) is 3.28. The molecule has 0 fully saturated rings. The van der Waals surface area contributed by atoms with E-state index in [1.54, 1.807) is 12.1 Å². The van der Waals surface area contributed by atoms with Gasteiger partial charge >= 0.3 is 6.18 Å².